The highest BCUT2D eigenvalue weighted by Gasteiger charge is 2.13. The van der Waals surface area contributed by atoms with Gasteiger partial charge >= 0.3 is 0 Å². The van der Waals surface area contributed by atoms with Crippen molar-refractivity contribution in [3.8, 4) is 0 Å². The van der Waals surface area contributed by atoms with Gasteiger partial charge < -0.3 is 5.32 Å². The van der Waals surface area contributed by atoms with Crippen molar-refractivity contribution in [2.45, 2.75) is 6.54 Å². The van der Waals surface area contributed by atoms with Gasteiger partial charge in [-0.2, -0.15) is 0 Å². The van der Waals surface area contributed by atoms with E-state index >= 15 is 0 Å². The van der Waals surface area contributed by atoms with Crippen molar-refractivity contribution in [2.75, 3.05) is 5.32 Å². The minimum Gasteiger partial charge on any atom is -0.324 e. The molecule has 0 unspecified atom stereocenters. The fraction of sp³-hybridized carbons (Fsp3) is 0.100. The second kappa shape index (κ2) is 5.57. The number of hydrogen-bond acceptors (Lipinski definition) is 5. The Balaban J connectivity index is 2.09. The van der Waals surface area contributed by atoms with Gasteiger partial charge in [0.25, 0.3) is 5.69 Å². The summed E-state index contributed by atoms with van der Waals surface area (Å²) in [7, 11) is 0. The Kier molecular flexibility index (Phi) is 3.85. The first kappa shape index (κ1) is 13.1. The third-order valence-corrected chi connectivity index (χ3v) is 2.87. The zero-order valence-corrected chi connectivity index (χ0v) is 11.1. The molecule has 0 aliphatic heterocycles. The van der Waals surface area contributed by atoms with Crippen molar-refractivity contribution < 1.29 is 9.72 Å². The van der Waals surface area contributed by atoms with E-state index in [1.807, 2.05) is 0 Å². The molecule has 0 bridgehead atoms. The Labute approximate surface area is 115 Å². The molecule has 0 saturated heterocycles. The van der Waals surface area contributed by atoms with Gasteiger partial charge in [0.1, 0.15) is 6.54 Å². The number of halogens is 1. The van der Waals surface area contributed by atoms with Gasteiger partial charge in [0.15, 0.2) is 0 Å². The van der Waals surface area contributed by atoms with Crippen molar-refractivity contribution in [2.24, 2.45) is 0 Å². The highest BCUT2D eigenvalue weighted by Crippen LogP contribution is 2.27. The normalized spacial score (nSPS) is 10.2. The topological polar surface area (TPSA) is 103 Å². The molecule has 0 saturated carbocycles. The van der Waals surface area contributed by atoms with E-state index in [0.717, 1.165) is 0 Å². The first-order chi connectivity index (χ1) is 9.06. The number of nitrogens with one attached hydrogen (secondary N) is 1. The smallest absolute Gasteiger partial charge is 0.285 e. The summed E-state index contributed by atoms with van der Waals surface area (Å²) in [5, 5.41) is 20.5. The van der Waals surface area contributed by atoms with Gasteiger partial charge in [-0.25, -0.2) is 4.68 Å². The number of nitro benzene ring substituents is 1. The number of anilines is 1. The SMILES string of the molecule is O=C(Cn1ccnn1)Nc1ccc(Br)c([N+](=O)[O-])c1. The molecule has 0 aliphatic rings. The summed E-state index contributed by atoms with van der Waals surface area (Å²) >= 11 is 3.07. The van der Waals surface area contributed by atoms with Crippen LogP contribution >= 0.6 is 15.9 Å². The Morgan fingerprint density at radius 3 is 2.95 bits per heavy atom. The van der Waals surface area contributed by atoms with Crippen LogP contribution in [0, 0.1) is 10.1 Å². The van der Waals surface area contributed by atoms with Crippen molar-refractivity contribution >= 4 is 33.2 Å². The molecule has 8 nitrogen and oxygen atoms in total. The van der Waals surface area contributed by atoms with E-state index in [4.69, 9.17) is 0 Å². The maximum atomic E-state index is 11.7. The molecule has 1 aromatic heterocycles. The van der Waals surface area contributed by atoms with E-state index in [0.29, 0.717) is 10.2 Å². The predicted octanol–water partition coefficient (Wildman–Crippen LogP) is 1.59. The molecule has 2 rings (SSSR count). The van der Waals surface area contributed by atoms with Crippen LogP contribution in [0.2, 0.25) is 0 Å². The van der Waals surface area contributed by atoms with E-state index in [2.05, 4.69) is 31.6 Å². The molecule has 2 aromatic rings. The number of rotatable bonds is 4. The number of carbonyl (C=O) groups excluding carboxylic acids is 1. The van der Waals surface area contributed by atoms with E-state index in [1.165, 1.54) is 23.0 Å². The van der Waals surface area contributed by atoms with Crippen molar-refractivity contribution in [1.82, 2.24) is 15.0 Å². The zero-order chi connectivity index (χ0) is 13.8. The van der Waals surface area contributed by atoms with Crippen LogP contribution in [0.5, 0.6) is 0 Å². The third kappa shape index (κ3) is 3.35. The number of carbonyl (C=O) groups is 1. The van der Waals surface area contributed by atoms with Gasteiger partial charge in [-0.15, -0.1) is 5.10 Å². The summed E-state index contributed by atoms with van der Waals surface area (Å²) in [6.45, 7) is -0.0101. The van der Waals surface area contributed by atoms with E-state index in [1.54, 1.807) is 12.3 Å². The van der Waals surface area contributed by atoms with Crippen LogP contribution in [0.3, 0.4) is 0 Å². The number of hydrogen-bond donors (Lipinski definition) is 1. The predicted molar refractivity (Wildman–Crippen MR) is 69.4 cm³/mol. The molecule has 0 radical (unpaired) electrons. The summed E-state index contributed by atoms with van der Waals surface area (Å²) in [6.07, 6.45) is 3.00. The summed E-state index contributed by atoms with van der Waals surface area (Å²) in [6, 6.07) is 4.35. The number of aromatic nitrogens is 3. The number of benzene rings is 1. The fourth-order valence-electron chi connectivity index (χ4n) is 1.40. The molecule has 0 aliphatic carbocycles. The molecule has 1 amide bonds. The van der Waals surface area contributed by atoms with Crippen molar-refractivity contribution in [3.05, 3.63) is 45.2 Å². The van der Waals surface area contributed by atoms with Crippen molar-refractivity contribution in [3.63, 3.8) is 0 Å². The van der Waals surface area contributed by atoms with Gasteiger partial charge in [0.05, 0.1) is 15.6 Å². The lowest BCUT2D eigenvalue weighted by Crippen LogP contribution is -2.19. The average molecular weight is 326 g/mol. The molecule has 0 fully saturated rings. The summed E-state index contributed by atoms with van der Waals surface area (Å²) in [5.41, 5.74) is 0.235. The van der Waals surface area contributed by atoms with Crippen LogP contribution in [0.15, 0.2) is 35.1 Å². The monoisotopic (exact) mass is 325 g/mol. The lowest BCUT2D eigenvalue weighted by atomic mass is 10.3. The minimum absolute atomic E-state index is 0.0101. The molecule has 19 heavy (non-hydrogen) atoms. The highest BCUT2D eigenvalue weighted by molar-refractivity contribution is 9.10. The number of nitrogens with zero attached hydrogens (tertiary/aromatic N) is 4. The Bertz CT molecular complexity index is 614. The fourth-order valence-corrected chi connectivity index (χ4v) is 1.79. The van der Waals surface area contributed by atoms with Gasteiger partial charge in [-0.05, 0) is 28.1 Å². The van der Waals surface area contributed by atoms with E-state index < -0.39 is 4.92 Å². The van der Waals surface area contributed by atoms with Gasteiger partial charge in [0, 0.05) is 18.0 Å². The largest absolute Gasteiger partial charge is 0.324 e. The van der Waals surface area contributed by atoms with E-state index in [9.17, 15) is 14.9 Å². The van der Waals surface area contributed by atoms with Crippen molar-refractivity contribution in [1.29, 1.82) is 0 Å². The third-order valence-electron chi connectivity index (χ3n) is 2.20. The minimum atomic E-state index is -0.531. The quantitative estimate of drug-likeness (QED) is 0.679. The molecular formula is C10H8BrN5O3. The molecule has 0 spiro atoms. The maximum absolute atomic E-state index is 11.7. The van der Waals surface area contributed by atoms with Gasteiger partial charge in [0.2, 0.25) is 5.91 Å². The molecule has 0 atom stereocenters. The molecule has 1 heterocycles. The van der Waals surface area contributed by atoms with Crippen LogP contribution in [0.4, 0.5) is 11.4 Å². The van der Waals surface area contributed by atoms with Crippen LogP contribution < -0.4 is 5.32 Å². The zero-order valence-electron chi connectivity index (χ0n) is 9.49. The van der Waals surface area contributed by atoms with Crippen LogP contribution in [-0.4, -0.2) is 25.8 Å². The number of amides is 1. The summed E-state index contributed by atoms with van der Waals surface area (Å²) in [4.78, 5) is 21.9. The second-order valence-corrected chi connectivity index (χ2v) is 4.43. The summed E-state index contributed by atoms with van der Waals surface area (Å²) in [5.74, 6) is -0.345. The van der Waals surface area contributed by atoms with Gasteiger partial charge in [-0.1, -0.05) is 5.21 Å². The molecule has 1 N–H and O–H groups in total. The molecule has 1 aromatic carbocycles. The summed E-state index contributed by atoms with van der Waals surface area (Å²) < 4.78 is 1.70. The Hall–Kier alpha value is -2.29. The lowest BCUT2D eigenvalue weighted by Gasteiger charge is -2.05. The molecular weight excluding hydrogens is 318 g/mol. The first-order valence-electron chi connectivity index (χ1n) is 5.14. The average Bonchev–Trinajstić information content (AvgIpc) is 2.84. The van der Waals surface area contributed by atoms with E-state index in [-0.39, 0.29) is 18.1 Å². The van der Waals surface area contributed by atoms with Crippen LogP contribution in [0.25, 0.3) is 0 Å². The molecule has 98 valence electrons. The van der Waals surface area contributed by atoms with Crippen LogP contribution in [0.1, 0.15) is 0 Å². The Morgan fingerprint density at radius 2 is 2.32 bits per heavy atom. The first-order valence-corrected chi connectivity index (χ1v) is 5.93. The maximum Gasteiger partial charge on any atom is 0.285 e. The lowest BCUT2D eigenvalue weighted by molar-refractivity contribution is -0.385. The standard InChI is InChI=1S/C10H8BrN5O3/c11-8-2-1-7(5-9(8)16(18)19)13-10(17)6-15-4-3-12-14-15/h1-5H,6H2,(H,13,17). The second-order valence-electron chi connectivity index (χ2n) is 3.57. The molecule has 9 heteroatoms. The van der Waals surface area contributed by atoms with Crippen LogP contribution in [-0.2, 0) is 11.3 Å². The van der Waals surface area contributed by atoms with Gasteiger partial charge in [-0.3, -0.25) is 14.9 Å². The Morgan fingerprint density at radius 1 is 1.53 bits per heavy atom. The highest BCUT2D eigenvalue weighted by atomic mass is 79.9. The number of nitro groups is 1.